The first-order valence-corrected chi connectivity index (χ1v) is 7.19. The fourth-order valence-corrected chi connectivity index (χ4v) is 3.01. The molecular formula is C15H22O6. The Bertz CT molecular complexity index is 440. The van der Waals surface area contributed by atoms with Crippen molar-refractivity contribution in [3.8, 4) is 12.3 Å². The molecular weight excluding hydrogens is 276 g/mol. The smallest absolute Gasteiger partial charge is 0.188 e. The lowest BCUT2D eigenvalue weighted by atomic mass is 9.97. The molecule has 0 aromatic carbocycles. The van der Waals surface area contributed by atoms with E-state index in [9.17, 15) is 0 Å². The fraction of sp³-hybridized carbons (Fsp3) is 0.867. The second-order valence-corrected chi connectivity index (χ2v) is 6.42. The first kappa shape index (κ1) is 15.2. The zero-order valence-corrected chi connectivity index (χ0v) is 12.8. The van der Waals surface area contributed by atoms with Crippen LogP contribution in [0.3, 0.4) is 0 Å². The average Bonchev–Trinajstić information content (AvgIpc) is 2.71. The van der Waals surface area contributed by atoms with Crippen LogP contribution < -0.4 is 0 Å². The van der Waals surface area contributed by atoms with E-state index in [1.807, 2.05) is 27.7 Å². The van der Waals surface area contributed by atoms with E-state index in [-0.39, 0.29) is 31.0 Å². The van der Waals surface area contributed by atoms with Crippen LogP contribution in [0, 0.1) is 12.3 Å². The highest BCUT2D eigenvalue weighted by Crippen LogP contribution is 2.41. The van der Waals surface area contributed by atoms with Gasteiger partial charge in [0, 0.05) is 0 Å². The minimum atomic E-state index is -0.711. The molecule has 118 valence electrons. The molecule has 3 fully saturated rings. The quantitative estimate of drug-likeness (QED) is 0.710. The molecule has 0 N–H and O–H groups in total. The Labute approximate surface area is 125 Å². The second kappa shape index (κ2) is 5.20. The molecule has 0 aromatic heterocycles. The number of ether oxygens (including phenoxy) is 6. The van der Waals surface area contributed by atoms with Crippen molar-refractivity contribution in [2.75, 3.05) is 13.2 Å². The van der Waals surface area contributed by atoms with Gasteiger partial charge in [-0.25, -0.2) is 0 Å². The molecule has 0 aromatic rings. The third-order valence-corrected chi connectivity index (χ3v) is 3.78. The first-order valence-electron chi connectivity index (χ1n) is 7.19. The van der Waals surface area contributed by atoms with E-state index in [0.717, 1.165) is 0 Å². The summed E-state index contributed by atoms with van der Waals surface area (Å²) in [6, 6.07) is 0. The standard InChI is InChI=1S/C15H22O6/c1-6-7-16-13-12-11(20-15(4,5)21-12)10-9(18-13)8-17-14(2,3)19-10/h1,9-13H,7-8H2,2-5H3/t9-,10-,11+,12+,13+/m1/s1. The molecule has 0 spiro atoms. The van der Waals surface area contributed by atoms with Gasteiger partial charge in [-0.1, -0.05) is 5.92 Å². The minimum absolute atomic E-state index is 0.155. The van der Waals surface area contributed by atoms with Gasteiger partial charge < -0.3 is 28.4 Å². The summed E-state index contributed by atoms with van der Waals surface area (Å²) < 4.78 is 35.1. The number of terminal acetylenes is 1. The van der Waals surface area contributed by atoms with E-state index in [1.165, 1.54) is 0 Å². The van der Waals surface area contributed by atoms with Gasteiger partial charge >= 0.3 is 0 Å². The Morgan fingerprint density at radius 2 is 1.71 bits per heavy atom. The van der Waals surface area contributed by atoms with Crippen LogP contribution in [0.1, 0.15) is 27.7 Å². The molecule has 5 atom stereocenters. The number of hydrogen-bond donors (Lipinski definition) is 0. The Balaban J connectivity index is 1.81. The van der Waals surface area contributed by atoms with Crippen LogP contribution in [0.4, 0.5) is 0 Å². The minimum Gasteiger partial charge on any atom is -0.348 e. The topological polar surface area (TPSA) is 55.4 Å². The van der Waals surface area contributed by atoms with Crippen LogP contribution in [-0.2, 0) is 28.4 Å². The van der Waals surface area contributed by atoms with Crippen molar-refractivity contribution in [2.24, 2.45) is 0 Å². The lowest BCUT2D eigenvalue weighted by Gasteiger charge is -2.48. The summed E-state index contributed by atoms with van der Waals surface area (Å²) in [5.41, 5.74) is 0. The summed E-state index contributed by atoms with van der Waals surface area (Å²) in [7, 11) is 0. The summed E-state index contributed by atoms with van der Waals surface area (Å²) in [5.74, 6) is 1.06. The van der Waals surface area contributed by atoms with Crippen LogP contribution >= 0.6 is 0 Å². The van der Waals surface area contributed by atoms with Crippen LogP contribution in [0.25, 0.3) is 0 Å². The van der Waals surface area contributed by atoms with Crippen LogP contribution in [-0.4, -0.2) is 55.5 Å². The van der Waals surface area contributed by atoms with Gasteiger partial charge in [-0.3, -0.25) is 0 Å². The Hall–Kier alpha value is -0.680. The second-order valence-electron chi connectivity index (χ2n) is 6.42. The highest BCUT2D eigenvalue weighted by molar-refractivity contribution is 4.99. The summed E-state index contributed by atoms with van der Waals surface area (Å²) in [4.78, 5) is 0. The molecule has 3 aliphatic rings. The number of hydrogen-bond acceptors (Lipinski definition) is 6. The van der Waals surface area contributed by atoms with Gasteiger partial charge in [-0.2, -0.15) is 0 Å². The molecule has 0 radical (unpaired) electrons. The zero-order chi connectivity index (χ0) is 15.3. The van der Waals surface area contributed by atoms with Crippen molar-refractivity contribution in [1.29, 1.82) is 0 Å². The molecule has 3 rings (SSSR count). The van der Waals surface area contributed by atoms with E-state index in [0.29, 0.717) is 6.61 Å². The lowest BCUT2D eigenvalue weighted by molar-refractivity contribution is -0.369. The van der Waals surface area contributed by atoms with E-state index < -0.39 is 17.9 Å². The molecule has 6 nitrogen and oxygen atoms in total. The van der Waals surface area contributed by atoms with E-state index in [2.05, 4.69) is 5.92 Å². The monoisotopic (exact) mass is 298 g/mol. The molecule has 3 heterocycles. The summed E-state index contributed by atoms with van der Waals surface area (Å²) in [6.45, 7) is 8.05. The maximum absolute atomic E-state index is 6.01. The Morgan fingerprint density at radius 1 is 1.05 bits per heavy atom. The summed E-state index contributed by atoms with van der Waals surface area (Å²) in [5, 5.41) is 0. The lowest BCUT2D eigenvalue weighted by Crippen LogP contribution is -2.63. The van der Waals surface area contributed by atoms with Gasteiger partial charge in [0.2, 0.25) is 0 Å². The van der Waals surface area contributed by atoms with Crippen molar-refractivity contribution in [3.63, 3.8) is 0 Å². The van der Waals surface area contributed by atoms with Gasteiger partial charge in [0.15, 0.2) is 17.9 Å². The highest BCUT2D eigenvalue weighted by atomic mass is 16.8. The summed E-state index contributed by atoms with van der Waals surface area (Å²) >= 11 is 0. The summed E-state index contributed by atoms with van der Waals surface area (Å²) in [6.07, 6.45) is 3.50. The molecule has 0 bridgehead atoms. The average molecular weight is 298 g/mol. The molecule has 21 heavy (non-hydrogen) atoms. The van der Waals surface area contributed by atoms with Gasteiger partial charge in [0.05, 0.1) is 6.61 Å². The molecule has 0 unspecified atom stereocenters. The first-order chi connectivity index (χ1) is 9.81. The zero-order valence-electron chi connectivity index (χ0n) is 12.8. The van der Waals surface area contributed by atoms with Gasteiger partial charge in [0.25, 0.3) is 0 Å². The van der Waals surface area contributed by atoms with Gasteiger partial charge in [-0.15, -0.1) is 6.42 Å². The van der Waals surface area contributed by atoms with Crippen molar-refractivity contribution in [2.45, 2.75) is 70.0 Å². The Kier molecular flexibility index (Phi) is 3.77. The van der Waals surface area contributed by atoms with Crippen molar-refractivity contribution in [3.05, 3.63) is 0 Å². The van der Waals surface area contributed by atoms with E-state index >= 15 is 0 Å². The highest BCUT2D eigenvalue weighted by Gasteiger charge is 2.58. The van der Waals surface area contributed by atoms with E-state index in [4.69, 9.17) is 34.8 Å². The van der Waals surface area contributed by atoms with E-state index in [1.54, 1.807) is 0 Å². The maximum atomic E-state index is 6.01. The largest absolute Gasteiger partial charge is 0.348 e. The van der Waals surface area contributed by atoms with Gasteiger partial charge in [0.1, 0.15) is 31.0 Å². The SMILES string of the molecule is C#CCO[C@H]1O[C@@H]2COC(C)(C)O[C@H]2[C@@H]2OC(C)(C)O[C@H]12. The Morgan fingerprint density at radius 3 is 2.43 bits per heavy atom. The normalized spacial score (nSPS) is 43.7. The van der Waals surface area contributed by atoms with Crippen molar-refractivity contribution >= 4 is 0 Å². The maximum Gasteiger partial charge on any atom is 0.188 e. The molecule has 6 heteroatoms. The third-order valence-electron chi connectivity index (χ3n) is 3.78. The predicted octanol–water partition coefficient (Wildman–Crippen LogP) is 1.03. The third kappa shape index (κ3) is 2.95. The molecule has 0 amide bonds. The molecule has 3 saturated heterocycles. The van der Waals surface area contributed by atoms with Crippen LogP contribution in [0.15, 0.2) is 0 Å². The fourth-order valence-electron chi connectivity index (χ4n) is 3.01. The molecule has 0 saturated carbocycles. The molecule has 0 aliphatic carbocycles. The van der Waals surface area contributed by atoms with Crippen molar-refractivity contribution < 1.29 is 28.4 Å². The predicted molar refractivity (Wildman–Crippen MR) is 72.2 cm³/mol. The van der Waals surface area contributed by atoms with Crippen LogP contribution in [0.5, 0.6) is 0 Å². The van der Waals surface area contributed by atoms with Crippen molar-refractivity contribution in [1.82, 2.24) is 0 Å². The van der Waals surface area contributed by atoms with Crippen LogP contribution in [0.2, 0.25) is 0 Å². The van der Waals surface area contributed by atoms with Gasteiger partial charge in [-0.05, 0) is 27.7 Å². The number of rotatable bonds is 2. The number of fused-ring (bicyclic) bond motifs is 3. The molecule has 3 aliphatic heterocycles.